The van der Waals surface area contributed by atoms with Crippen LogP contribution in [0.1, 0.15) is 0 Å². The molecular weight excluding hydrogens is 174 g/mol. The largest absolute Gasteiger partial charge is 0.391 e. The molecule has 0 saturated heterocycles. The molecule has 0 spiro atoms. The van der Waals surface area contributed by atoms with E-state index in [1.165, 1.54) is 11.3 Å². The molecule has 0 amide bonds. The molecule has 0 radical (unpaired) electrons. The van der Waals surface area contributed by atoms with Gasteiger partial charge in [-0.15, -0.1) is 16.4 Å². The third-order valence-corrected chi connectivity index (χ3v) is 2.28. The summed E-state index contributed by atoms with van der Waals surface area (Å²) in [6, 6.07) is 3.69. The van der Waals surface area contributed by atoms with Gasteiger partial charge >= 0.3 is 0 Å². The van der Waals surface area contributed by atoms with Gasteiger partial charge in [-0.25, -0.2) is 0 Å². The Hall–Kier alpha value is -1.56. The summed E-state index contributed by atoms with van der Waals surface area (Å²) >= 11 is 1.44. The zero-order chi connectivity index (χ0) is 8.55. The summed E-state index contributed by atoms with van der Waals surface area (Å²) < 4.78 is 0. The van der Waals surface area contributed by atoms with Crippen LogP contribution in [-0.4, -0.2) is 15.2 Å². The van der Waals surface area contributed by atoms with Crippen LogP contribution in [0.2, 0.25) is 0 Å². The van der Waals surface area contributed by atoms with Crippen molar-refractivity contribution in [2.24, 2.45) is 0 Å². The molecule has 0 atom stereocenters. The molecule has 0 saturated carbocycles. The minimum Gasteiger partial charge on any atom is -0.391 e. The average Bonchev–Trinajstić information content (AvgIpc) is 2.58. The lowest BCUT2D eigenvalue weighted by molar-refractivity contribution is 1.11. The Labute approximate surface area is 72.4 Å². The first-order valence-electron chi connectivity index (χ1n) is 3.29. The summed E-state index contributed by atoms with van der Waals surface area (Å²) in [5.74, 6) is 0.908. The van der Waals surface area contributed by atoms with Gasteiger partial charge in [0.25, 0.3) is 0 Å². The Kier molecular flexibility index (Phi) is 1.47. The fourth-order valence-corrected chi connectivity index (χ4v) is 1.58. The zero-order valence-corrected chi connectivity index (χ0v) is 6.93. The number of nitrogens with two attached hydrogens (primary N) is 2. The Morgan fingerprint density at radius 3 is 2.67 bits per heavy atom. The fourth-order valence-electron chi connectivity index (χ4n) is 0.865. The van der Waals surface area contributed by atoms with Gasteiger partial charge in [-0.05, 0) is 12.1 Å². The molecule has 2 heterocycles. The lowest BCUT2D eigenvalue weighted by atomic mass is 10.4. The minimum absolute atomic E-state index is 0.247. The van der Waals surface area contributed by atoms with Crippen LogP contribution < -0.4 is 11.5 Å². The molecule has 5 N–H and O–H groups in total. The van der Waals surface area contributed by atoms with E-state index in [9.17, 15) is 0 Å². The summed E-state index contributed by atoms with van der Waals surface area (Å²) in [4.78, 5) is 4.90. The van der Waals surface area contributed by atoms with Crippen molar-refractivity contribution in [3.05, 3.63) is 12.1 Å². The van der Waals surface area contributed by atoms with Gasteiger partial charge in [-0.2, -0.15) is 4.98 Å². The maximum Gasteiger partial charge on any atom is 0.239 e. The van der Waals surface area contributed by atoms with E-state index in [1.807, 2.05) is 12.1 Å². The highest BCUT2D eigenvalue weighted by Crippen LogP contribution is 2.26. The molecular formula is C6H7N5S. The van der Waals surface area contributed by atoms with E-state index in [-0.39, 0.29) is 5.95 Å². The molecule has 0 fully saturated rings. The molecule has 0 aliphatic heterocycles. The second kappa shape index (κ2) is 2.49. The highest BCUT2D eigenvalue weighted by Gasteiger charge is 2.04. The van der Waals surface area contributed by atoms with Gasteiger partial charge < -0.3 is 11.5 Å². The number of anilines is 2. The fraction of sp³-hybridized carbons (Fsp3) is 0. The Bertz CT molecular complexity index is 352. The first-order valence-corrected chi connectivity index (χ1v) is 4.11. The van der Waals surface area contributed by atoms with Crippen LogP contribution >= 0.6 is 11.3 Å². The molecule has 5 nitrogen and oxygen atoms in total. The lowest BCUT2D eigenvalue weighted by Crippen LogP contribution is -1.84. The molecule has 0 unspecified atom stereocenters. The number of thiophene rings is 1. The van der Waals surface area contributed by atoms with Gasteiger partial charge in [0.1, 0.15) is 0 Å². The van der Waals surface area contributed by atoms with Crippen molar-refractivity contribution >= 4 is 22.3 Å². The maximum absolute atomic E-state index is 5.55. The third kappa shape index (κ3) is 1.12. The molecule has 12 heavy (non-hydrogen) atoms. The number of hydrogen-bond acceptors (Lipinski definition) is 5. The Morgan fingerprint density at radius 2 is 2.17 bits per heavy atom. The van der Waals surface area contributed by atoms with Crippen molar-refractivity contribution in [3.63, 3.8) is 0 Å². The van der Waals surface area contributed by atoms with Crippen LogP contribution in [0.5, 0.6) is 0 Å². The molecule has 2 aromatic heterocycles. The van der Waals surface area contributed by atoms with Gasteiger partial charge in [0, 0.05) is 0 Å². The van der Waals surface area contributed by atoms with Crippen LogP contribution in [0.4, 0.5) is 10.9 Å². The van der Waals surface area contributed by atoms with Crippen molar-refractivity contribution in [2.45, 2.75) is 0 Å². The quantitative estimate of drug-likeness (QED) is 0.603. The smallest absolute Gasteiger partial charge is 0.239 e. The van der Waals surface area contributed by atoms with Crippen molar-refractivity contribution in [1.29, 1.82) is 0 Å². The molecule has 0 bridgehead atoms. The number of H-pyrrole nitrogens is 1. The predicted molar refractivity (Wildman–Crippen MR) is 48.5 cm³/mol. The molecule has 2 aromatic rings. The first-order chi connectivity index (χ1) is 5.75. The summed E-state index contributed by atoms with van der Waals surface area (Å²) in [5.41, 5.74) is 10.9. The summed E-state index contributed by atoms with van der Waals surface area (Å²) in [5, 5.41) is 7.16. The van der Waals surface area contributed by atoms with E-state index in [0.29, 0.717) is 5.82 Å². The zero-order valence-electron chi connectivity index (χ0n) is 6.11. The number of nitrogens with one attached hydrogen (secondary N) is 1. The SMILES string of the molecule is Nc1n[nH]c(-c2ccc(N)s2)n1. The summed E-state index contributed by atoms with van der Waals surface area (Å²) in [7, 11) is 0. The van der Waals surface area contributed by atoms with Gasteiger partial charge in [0.2, 0.25) is 5.95 Å². The lowest BCUT2D eigenvalue weighted by Gasteiger charge is -1.84. The molecule has 0 aromatic carbocycles. The standard InChI is InChI=1S/C6H7N5S/c7-4-2-1-3(12-4)5-9-6(8)11-10-5/h1-2H,7H2,(H3,8,9,10,11). The minimum atomic E-state index is 0.247. The first kappa shape index (κ1) is 7.11. The maximum atomic E-state index is 5.55. The predicted octanol–water partition coefficient (Wildman–Crippen LogP) is 0.698. The van der Waals surface area contributed by atoms with Crippen LogP contribution in [-0.2, 0) is 0 Å². The van der Waals surface area contributed by atoms with Crippen molar-refractivity contribution in [1.82, 2.24) is 15.2 Å². The number of aromatic amines is 1. The number of hydrogen-bond donors (Lipinski definition) is 3. The molecule has 2 rings (SSSR count). The molecule has 62 valence electrons. The normalized spacial score (nSPS) is 10.3. The molecule has 0 aliphatic rings. The van der Waals surface area contributed by atoms with Gasteiger partial charge in [0.05, 0.1) is 9.88 Å². The van der Waals surface area contributed by atoms with Crippen LogP contribution in [0.25, 0.3) is 10.7 Å². The summed E-state index contributed by atoms with van der Waals surface area (Å²) in [6.07, 6.45) is 0. The Balaban J connectivity index is 2.43. The van der Waals surface area contributed by atoms with Gasteiger partial charge in [-0.3, -0.25) is 5.10 Å². The number of nitrogen functional groups attached to an aromatic ring is 2. The second-order valence-corrected chi connectivity index (χ2v) is 3.36. The Morgan fingerprint density at radius 1 is 1.33 bits per heavy atom. The molecule has 6 heteroatoms. The van der Waals surface area contributed by atoms with E-state index in [4.69, 9.17) is 11.5 Å². The number of aromatic nitrogens is 3. The third-order valence-electron chi connectivity index (χ3n) is 1.36. The second-order valence-electron chi connectivity index (χ2n) is 2.24. The van der Waals surface area contributed by atoms with E-state index in [0.717, 1.165) is 9.88 Å². The monoisotopic (exact) mass is 181 g/mol. The van der Waals surface area contributed by atoms with Crippen LogP contribution in [0.3, 0.4) is 0 Å². The number of nitrogens with zero attached hydrogens (tertiary/aromatic N) is 2. The highest BCUT2D eigenvalue weighted by atomic mass is 32.1. The average molecular weight is 181 g/mol. The van der Waals surface area contributed by atoms with Crippen LogP contribution in [0.15, 0.2) is 12.1 Å². The van der Waals surface area contributed by atoms with Crippen molar-refractivity contribution < 1.29 is 0 Å². The van der Waals surface area contributed by atoms with Gasteiger partial charge in [0.15, 0.2) is 5.82 Å². The highest BCUT2D eigenvalue weighted by molar-refractivity contribution is 7.19. The topological polar surface area (TPSA) is 93.6 Å². The van der Waals surface area contributed by atoms with E-state index >= 15 is 0 Å². The van der Waals surface area contributed by atoms with Crippen molar-refractivity contribution in [3.8, 4) is 10.7 Å². The molecule has 0 aliphatic carbocycles. The number of rotatable bonds is 1. The van der Waals surface area contributed by atoms with Crippen LogP contribution in [0, 0.1) is 0 Å². The van der Waals surface area contributed by atoms with Crippen molar-refractivity contribution in [2.75, 3.05) is 11.5 Å². The summed E-state index contributed by atoms with van der Waals surface area (Å²) in [6.45, 7) is 0. The van der Waals surface area contributed by atoms with E-state index in [2.05, 4.69) is 15.2 Å². The van der Waals surface area contributed by atoms with Gasteiger partial charge in [-0.1, -0.05) is 0 Å². The van der Waals surface area contributed by atoms with E-state index < -0.39 is 0 Å². The van der Waals surface area contributed by atoms with E-state index in [1.54, 1.807) is 0 Å².